The van der Waals surface area contributed by atoms with Gasteiger partial charge in [0.25, 0.3) is 5.89 Å². The number of pyridine rings is 1. The Morgan fingerprint density at radius 1 is 1.14 bits per heavy atom. The zero-order valence-electron chi connectivity index (χ0n) is 20.4. The van der Waals surface area contributed by atoms with Crippen LogP contribution in [0.25, 0.3) is 22.8 Å². The van der Waals surface area contributed by atoms with Crippen molar-refractivity contribution >= 4 is 11.7 Å². The Balaban J connectivity index is 1.20. The lowest BCUT2D eigenvalue weighted by molar-refractivity contribution is -0.125. The number of hydrogen-bond acceptors (Lipinski definition) is 6. The predicted octanol–water partition coefficient (Wildman–Crippen LogP) is 5.33. The van der Waals surface area contributed by atoms with Gasteiger partial charge in [0.15, 0.2) is 0 Å². The first-order valence-corrected chi connectivity index (χ1v) is 12.7. The fraction of sp³-hybridized carbons (Fsp3) is 0.429. The summed E-state index contributed by atoms with van der Waals surface area (Å²) in [5.74, 6) is 2.08. The molecule has 182 valence electrons. The molecule has 3 heterocycles. The second-order valence-electron chi connectivity index (χ2n) is 9.57. The molecule has 0 radical (unpaired) electrons. The van der Waals surface area contributed by atoms with E-state index in [0.29, 0.717) is 11.7 Å². The first kappa shape index (κ1) is 23.3. The minimum absolute atomic E-state index is 0.0512. The van der Waals surface area contributed by atoms with Crippen LogP contribution < -0.4 is 10.2 Å². The maximum absolute atomic E-state index is 12.7. The Morgan fingerprint density at radius 3 is 2.74 bits per heavy atom. The molecule has 1 aromatic carbocycles. The van der Waals surface area contributed by atoms with Crippen molar-refractivity contribution in [1.82, 2.24) is 20.4 Å². The van der Waals surface area contributed by atoms with Gasteiger partial charge < -0.3 is 14.7 Å². The molecular weight excluding hydrogens is 438 g/mol. The van der Waals surface area contributed by atoms with Crippen molar-refractivity contribution in [3.8, 4) is 22.8 Å². The largest absolute Gasteiger partial charge is 0.356 e. The molecule has 0 atom stereocenters. The molecule has 3 aromatic rings. The first-order chi connectivity index (χ1) is 17.2. The maximum Gasteiger partial charge on any atom is 0.261 e. The fourth-order valence-corrected chi connectivity index (χ4v) is 4.94. The highest BCUT2D eigenvalue weighted by Crippen LogP contribution is 2.32. The van der Waals surface area contributed by atoms with Gasteiger partial charge >= 0.3 is 0 Å². The number of benzene rings is 1. The normalized spacial score (nSPS) is 16.7. The summed E-state index contributed by atoms with van der Waals surface area (Å²) in [6, 6.07) is 11.9. The average molecular weight is 472 g/mol. The van der Waals surface area contributed by atoms with Gasteiger partial charge in [0, 0.05) is 37.3 Å². The molecule has 2 aromatic heterocycles. The van der Waals surface area contributed by atoms with E-state index in [-0.39, 0.29) is 11.8 Å². The number of rotatable bonds is 7. The van der Waals surface area contributed by atoms with Gasteiger partial charge in [-0.1, -0.05) is 46.6 Å². The van der Waals surface area contributed by atoms with Crippen LogP contribution in [0.1, 0.15) is 50.5 Å². The number of allylic oxidation sites excluding steroid dienone is 1. The molecule has 1 aliphatic heterocycles. The van der Waals surface area contributed by atoms with Crippen molar-refractivity contribution in [2.45, 2.75) is 51.9 Å². The monoisotopic (exact) mass is 471 g/mol. The number of aryl methyl sites for hydroxylation is 1. The molecular formula is C28H33N5O2. The van der Waals surface area contributed by atoms with E-state index in [2.05, 4.69) is 38.3 Å². The van der Waals surface area contributed by atoms with E-state index in [0.717, 1.165) is 55.8 Å². The van der Waals surface area contributed by atoms with Crippen LogP contribution in [0, 0.1) is 12.8 Å². The van der Waals surface area contributed by atoms with E-state index < -0.39 is 0 Å². The number of nitrogens with one attached hydrogen (secondary N) is 1. The number of amides is 1. The first-order valence-electron chi connectivity index (χ1n) is 12.7. The second-order valence-corrected chi connectivity index (χ2v) is 9.57. The van der Waals surface area contributed by atoms with Gasteiger partial charge in [-0.05, 0) is 64.0 Å². The summed E-state index contributed by atoms with van der Waals surface area (Å²) < 4.78 is 5.62. The molecule has 35 heavy (non-hydrogen) atoms. The third-order valence-corrected chi connectivity index (χ3v) is 7.05. The summed E-state index contributed by atoms with van der Waals surface area (Å²) >= 11 is 0. The van der Waals surface area contributed by atoms with Crippen molar-refractivity contribution in [3.63, 3.8) is 0 Å². The Labute approximate surface area is 206 Å². The summed E-state index contributed by atoms with van der Waals surface area (Å²) in [6.45, 7) is 4.34. The molecule has 7 nitrogen and oxygen atoms in total. The van der Waals surface area contributed by atoms with E-state index in [4.69, 9.17) is 4.52 Å². The molecule has 0 bridgehead atoms. The van der Waals surface area contributed by atoms with Crippen LogP contribution in [0.2, 0.25) is 0 Å². The standard InChI is InChI=1S/C28H33N5O2/c1-20-9-11-22(12-10-20)25-31-28(35-32-25)24-8-5-16-29-26(24)33-18-14-23(15-19-33)27(34)30-17-13-21-6-3-2-4-7-21/h5-6,8-12,16,23H,2-4,7,13-15,17-19H2,1H3,(H,30,34). The highest BCUT2D eigenvalue weighted by molar-refractivity contribution is 5.79. The lowest BCUT2D eigenvalue weighted by Crippen LogP contribution is -2.41. The number of piperidine rings is 1. The van der Waals surface area contributed by atoms with Gasteiger partial charge in [0.05, 0.1) is 5.56 Å². The Morgan fingerprint density at radius 2 is 1.97 bits per heavy atom. The van der Waals surface area contributed by atoms with Crippen molar-refractivity contribution < 1.29 is 9.32 Å². The third-order valence-electron chi connectivity index (χ3n) is 7.05. The van der Waals surface area contributed by atoms with Crippen LogP contribution in [-0.4, -0.2) is 40.7 Å². The molecule has 2 aliphatic rings. The quantitative estimate of drug-likeness (QED) is 0.469. The highest BCUT2D eigenvalue weighted by Gasteiger charge is 2.27. The minimum atomic E-state index is 0.0512. The average Bonchev–Trinajstić information content (AvgIpc) is 3.40. The number of carbonyl (C=O) groups is 1. The smallest absolute Gasteiger partial charge is 0.261 e. The molecule has 0 unspecified atom stereocenters. The Kier molecular flexibility index (Phi) is 7.21. The van der Waals surface area contributed by atoms with Crippen LogP contribution >= 0.6 is 0 Å². The van der Waals surface area contributed by atoms with E-state index in [1.54, 1.807) is 6.20 Å². The van der Waals surface area contributed by atoms with E-state index in [9.17, 15) is 4.79 Å². The van der Waals surface area contributed by atoms with Gasteiger partial charge in [0.2, 0.25) is 11.7 Å². The summed E-state index contributed by atoms with van der Waals surface area (Å²) in [5.41, 5.74) is 4.43. The summed E-state index contributed by atoms with van der Waals surface area (Å²) in [5, 5.41) is 7.35. The molecule has 1 amide bonds. The maximum atomic E-state index is 12.7. The van der Waals surface area contributed by atoms with Gasteiger partial charge in [0.1, 0.15) is 5.82 Å². The lowest BCUT2D eigenvalue weighted by atomic mass is 9.95. The Bertz CT molecular complexity index is 1180. The van der Waals surface area contributed by atoms with Crippen LogP contribution in [-0.2, 0) is 4.79 Å². The molecule has 0 saturated carbocycles. The van der Waals surface area contributed by atoms with Gasteiger partial charge in [-0.2, -0.15) is 4.98 Å². The lowest BCUT2D eigenvalue weighted by Gasteiger charge is -2.32. The number of hydrogen-bond donors (Lipinski definition) is 1. The van der Waals surface area contributed by atoms with Gasteiger partial charge in [-0.3, -0.25) is 4.79 Å². The second kappa shape index (κ2) is 10.8. The van der Waals surface area contributed by atoms with E-state index in [1.165, 1.54) is 36.8 Å². The van der Waals surface area contributed by atoms with Gasteiger partial charge in [-0.25, -0.2) is 4.98 Å². The molecule has 1 aliphatic carbocycles. The van der Waals surface area contributed by atoms with Crippen LogP contribution in [0.15, 0.2) is 58.8 Å². The summed E-state index contributed by atoms with van der Waals surface area (Å²) in [7, 11) is 0. The number of carbonyl (C=O) groups excluding carboxylic acids is 1. The summed E-state index contributed by atoms with van der Waals surface area (Å²) in [4.78, 5) is 24.2. The highest BCUT2D eigenvalue weighted by atomic mass is 16.5. The minimum Gasteiger partial charge on any atom is -0.356 e. The molecule has 7 heteroatoms. The van der Waals surface area contributed by atoms with E-state index >= 15 is 0 Å². The van der Waals surface area contributed by atoms with Crippen molar-refractivity contribution in [2.75, 3.05) is 24.5 Å². The predicted molar refractivity (Wildman–Crippen MR) is 137 cm³/mol. The van der Waals surface area contributed by atoms with Crippen LogP contribution in [0.4, 0.5) is 5.82 Å². The van der Waals surface area contributed by atoms with Crippen molar-refractivity contribution in [1.29, 1.82) is 0 Å². The Hall–Kier alpha value is -3.48. The molecule has 1 N–H and O–H groups in total. The third kappa shape index (κ3) is 5.61. The van der Waals surface area contributed by atoms with Gasteiger partial charge in [-0.15, -0.1) is 0 Å². The molecule has 0 spiro atoms. The molecule has 5 rings (SSSR count). The SMILES string of the molecule is Cc1ccc(-c2noc(-c3cccnc3N3CCC(C(=O)NCCC4=CCCCC4)CC3)n2)cc1. The topological polar surface area (TPSA) is 84.2 Å². The number of nitrogens with zero attached hydrogens (tertiary/aromatic N) is 4. The number of aromatic nitrogens is 3. The zero-order chi connectivity index (χ0) is 24.0. The van der Waals surface area contributed by atoms with Crippen LogP contribution in [0.5, 0.6) is 0 Å². The fourth-order valence-electron chi connectivity index (χ4n) is 4.94. The molecule has 1 saturated heterocycles. The van der Waals surface area contributed by atoms with E-state index in [1.807, 2.05) is 36.4 Å². The van der Waals surface area contributed by atoms with Crippen LogP contribution in [0.3, 0.4) is 0 Å². The zero-order valence-corrected chi connectivity index (χ0v) is 20.4. The number of anilines is 1. The van der Waals surface area contributed by atoms with Crippen molar-refractivity contribution in [3.05, 3.63) is 59.8 Å². The molecule has 1 fully saturated rings. The van der Waals surface area contributed by atoms with Crippen molar-refractivity contribution in [2.24, 2.45) is 5.92 Å². The summed E-state index contributed by atoms with van der Waals surface area (Å²) in [6.07, 6.45) is 11.7.